The number of nitrogens with zero attached hydrogens (tertiary/aromatic N) is 1. The van der Waals surface area contributed by atoms with Gasteiger partial charge in [0.1, 0.15) is 5.75 Å². The van der Waals surface area contributed by atoms with Gasteiger partial charge in [0.25, 0.3) is 0 Å². The number of hydrogen-bond acceptors (Lipinski definition) is 3. The van der Waals surface area contributed by atoms with E-state index in [0.717, 1.165) is 48.3 Å². The third-order valence-corrected chi connectivity index (χ3v) is 3.10. The standard InChI is InChI=1S/C17H22N2O/c1-3-5-8-11-20-17-12-14(13-18-4-2)19-16-10-7-6-9-15(16)17/h3,6-7,9-10,12,18H,1,4-5,8,11,13H2,2H3. The van der Waals surface area contributed by atoms with Gasteiger partial charge in [-0.3, -0.25) is 4.98 Å². The first-order chi connectivity index (χ1) is 9.85. The first-order valence-corrected chi connectivity index (χ1v) is 7.18. The van der Waals surface area contributed by atoms with Crippen LogP contribution in [0.15, 0.2) is 43.0 Å². The lowest BCUT2D eigenvalue weighted by Crippen LogP contribution is -2.13. The molecule has 1 aromatic heterocycles. The highest BCUT2D eigenvalue weighted by molar-refractivity contribution is 5.85. The molecule has 1 aromatic carbocycles. The van der Waals surface area contributed by atoms with Crippen molar-refractivity contribution in [3.63, 3.8) is 0 Å². The number of rotatable bonds is 8. The van der Waals surface area contributed by atoms with Crippen molar-refractivity contribution < 1.29 is 4.74 Å². The lowest BCUT2D eigenvalue weighted by molar-refractivity contribution is 0.315. The van der Waals surface area contributed by atoms with E-state index in [-0.39, 0.29) is 0 Å². The Morgan fingerprint density at radius 3 is 3.00 bits per heavy atom. The van der Waals surface area contributed by atoms with Gasteiger partial charge in [0.05, 0.1) is 17.8 Å². The van der Waals surface area contributed by atoms with E-state index in [1.165, 1.54) is 0 Å². The maximum absolute atomic E-state index is 5.93. The van der Waals surface area contributed by atoms with Gasteiger partial charge < -0.3 is 10.1 Å². The Balaban J connectivity index is 2.21. The monoisotopic (exact) mass is 270 g/mol. The van der Waals surface area contributed by atoms with E-state index in [1.54, 1.807) is 0 Å². The normalized spacial score (nSPS) is 10.7. The SMILES string of the molecule is C=CCCCOc1cc(CNCC)nc2ccccc12. The number of unbranched alkanes of at least 4 members (excludes halogenated alkanes) is 1. The molecule has 0 radical (unpaired) electrons. The third kappa shape index (κ3) is 3.81. The highest BCUT2D eigenvalue weighted by Gasteiger charge is 2.06. The summed E-state index contributed by atoms with van der Waals surface area (Å²) in [6.07, 6.45) is 3.89. The molecule has 0 spiro atoms. The average molecular weight is 270 g/mol. The van der Waals surface area contributed by atoms with E-state index in [1.807, 2.05) is 30.3 Å². The number of benzene rings is 1. The molecule has 106 valence electrons. The van der Waals surface area contributed by atoms with Crippen LogP contribution >= 0.6 is 0 Å². The van der Waals surface area contributed by atoms with Crippen molar-refractivity contribution in [1.82, 2.24) is 10.3 Å². The maximum Gasteiger partial charge on any atom is 0.130 e. The van der Waals surface area contributed by atoms with Crippen LogP contribution in [0.2, 0.25) is 0 Å². The molecule has 0 aliphatic rings. The van der Waals surface area contributed by atoms with Crippen molar-refractivity contribution in [3.8, 4) is 5.75 Å². The molecule has 0 saturated heterocycles. The van der Waals surface area contributed by atoms with Gasteiger partial charge in [-0.05, 0) is 31.5 Å². The fourth-order valence-electron chi connectivity index (χ4n) is 2.07. The molecule has 0 fully saturated rings. The first kappa shape index (κ1) is 14.5. The molecule has 0 amide bonds. The number of para-hydroxylation sites is 1. The van der Waals surface area contributed by atoms with Crippen LogP contribution in [-0.2, 0) is 6.54 Å². The minimum absolute atomic E-state index is 0.709. The second-order valence-corrected chi connectivity index (χ2v) is 4.69. The van der Waals surface area contributed by atoms with E-state index in [9.17, 15) is 0 Å². The Hall–Kier alpha value is -1.87. The predicted octanol–water partition coefficient (Wildman–Crippen LogP) is 3.69. The van der Waals surface area contributed by atoms with Gasteiger partial charge in [-0.1, -0.05) is 25.1 Å². The number of hydrogen-bond donors (Lipinski definition) is 1. The summed E-state index contributed by atoms with van der Waals surface area (Å²) >= 11 is 0. The Morgan fingerprint density at radius 2 is 2.20 bits per heavy atom. The van der Waals surface area contributed by atoms with Gasteiger partial charge in [0.15, 0.2) is 0 Å². The van der Waals surface area contributed by atoms with Crippen molar-refractivity contribution in [2.45, 2.75) is 26.3 Å². The number of pyridine rings is 1. The van der Waals surface area contributed by atoms with Crippen LogP contribution < -0.4 is 10.1 Å². The average Bonchev–Trinajstić information content (AvgIpc) is 2.49. The van der Waals surface area contributed by atoms with Gasteiger partial charge in [0.2, 0.25) is 0 Å². The van der Waals surface area contributed by atoms with Crippen molar-refractivity contribution in [2.75, 3.05) is 13.2 Å². The molecule has 1 N–H and O–H groups in total. The lowest BCUT2D eigenvalue weighted by atomic mass is 10.2. The van der Waals surface area contributed by atoms with Crippen molar-refractivity contribution in [2.24, 2.45) is 0 Å². The van der Waals surface area contributed by atoms with Crippen LogP contribution in [0.5, 0.6) is 5.75 Å². The third-order valence-electron chi connectivity index (χ3n) is 3.10. The highest BCUT2D eigenvalue weighted by atomic mass is 16.5. The topological polar surface area (TPSA) is 34.1 Å². The lowest BCUT2D eigenvalue weighted by Gasteiger charge is -2.11. The zero-order valence-electron chi connectivity index (χ0n) is 12.1. The van der Waals surface area contributed by atoms with E-state index < -0.39 is 0 Å². The van der Waals surface area contributed by atoms with Crippen LogP contribution in [0.3, 0.4) is 0 Å². The van der Waals surface area contributed by atoms with Crippen LogP contribution in [0, 0.1) is 0 Å². The zero-order valence-corrected chi connectivity index (χ0v) is 12.1. The van der Waals surface area contributed by atoms with Crippen LogP contribution in [0.4, 0.5) is 0 Å². The largest absolute Gasteiger partial charge is 0.493 e. The van der Waals surface area contributed by atoms with Gasteiger partial charge in [0, 0.05) is 18.0 Å². The quantitative estimate of drug-likeness (QED) is 0.587. The second kappa shape index (κ2) is 7.65. The Labute approximate surface area is 120 Å². The van der Waals surface area contributed by atoms with E-state index in [0.29, 0.717) is 6.61 Å². The molecule has 0 unspecified atom stereocenters. The molecular formula is C17H22N2O. The molecular weight excluding hydrogens is 248 g/mol. The number of fused-ring (bicyclic) bond motifs is 1. The van der Waals surface area contributed by atoms with Crippen LogP contribution in [0.25, 0.3) is 10.9 Å². The van der Waals surface area contributed by atoms with Gasteiger partial charge in [-0.25, -0.2) is 0 Å². The smallest absolute Gasteiger partial charge is 0.130 e. The van der Waals surface area contributed by atoms with Gasteiger partial charge >= 0.3 is 0 Å². The predicted molar refractivity (Wildman–Crippen MR) is 84.0 cm³/mol. The Bertz CT molecular complexity index is 566. The fourth-order valence-corrected chi connectivity index (χ4v) is 2.07. The molecule has 3 nitrogen and oxygen atoms in total. The molecule has 0 atom stereocenters. The van der Waals surface area contributed by atoms with Crippen molar-refractivity contribution >= 4 is 10.9 Å². The molecule has 1 heterocycles. The minimum atomic E-state index is 0.709. The van der Waals surface area contributed by atoms with E-state index in [2.05, 4.69) is 29.9 Å². The molecule has 2 rings (SSSR count). The molecule has 20 heavy (non-hydrogen) atoms. The number of ether oxygens (including phenoxy) is 1. The number of nitrogens with one attached hydrogen (secondary N) is 1. The van der Waals surface area contributed by atoms with Crippen LogP contribution in [-0.4, -0.2) is 18.1 Å². The summed E-state index contributed by atoms with van der Waals surface area (Å²) in [6, 6.07) is 10.2. The van der Waals surface area contributed by atoms with E-state index in [4.69, 9.17) is 4.74 Å². The summed E-state index contributed by atoms with van der Waals surface area (Å²) in [5.74, 6) is 0.924. The van der Waals surface area contributed by atoms with Gasteiger partial charge in [-0.2, -0.15) is 0 Å². The zero-order chi connectivity index (χ0) is 14.2. The fraction of sp³-hybridized carbons (Fsp3) is 0.353. The molecule has 0 saturated carbocycles. The Kier molecular flexibility index (Phi) is 5.56. The summed E-state index contributed by atoms with van der Waals surface area (Å²) in [5.41, 5.74) is 2.01. The van der Waals surface area contributed by atoms with Crippen molar-refractivity contribution in [3.05, 3.63) is 48.7 Å². The molecule has 0 aliphatic carbocycles. The summed E-state index contributed by atoms with van der Waals surface area (Å²) in [6.45, 7) is 8.23. The molecule has 0 aliphatic heterocycles. The second-order valence-electron chi connectivity index (χ2n) is 4.69. The summed E-state index contributed by atoms with van der Waals surface area (Å²) in [5, 5.41) is 4.38. The van der Waals surface area contributed by atoms with E-state index >= 15 is 0 Å². The summed E-state index contributed by atoms with van der Waals surface area (Å²) in [7, 11) is 0. The first-order valence-electron chi connectivity index (χ1n) is 7.18. The van der Waals surface area contributed by atoms with Gasteiger partial charge in [-0.15, -0.1) is 6.58 Å². The summed E-state index contributed by atoms with van der Waals surface area (Å²) in [4.78, 5) is 4.66. The Morgan fingerprint density at radius 1 is 1.35 bits per heavy atom. The number of aromatic nitrogens is 1. The molecule has 0 bridgehead atoms. The molecule has 3 heteroatoms. The highest BCUT2D eigenvalue weighted by Crippen LogP contribution is 2.25. The van der Waals surface area contributed by atoms with Crippen LogP contribution in [0.1, 0.15) is 25.5 Å². The minimum Gasteiger partial charge on any atom is -0.493 e. The maximum atomic E-state index is 5.93. The number of allylic oxidation sites excluding steroid dienone is 1. The summed E-state index contributed by atoms with van der Waals surface area (Å²) < 4.78 is 5.93. The molecule has 2 aromatic rings. The van der Waals surface area contributed by atoms with Crippen molar-refractivity contribution in [1.29, 1.82) is 0 Å².